The summed E-state index contributed by atoms with van der Waals surface area (Å²) in [4.78, 5) is 0. The quantitative estimate of drug-likeness (QED) is 0.613. The molecule has 0 saturated carbocycles. The van der Waals surface area contributed by atoms with Crippen molar-refractivity contribution < 1.29 is 0 Å². The Labute approximate surface area is 67.5 Å². The van der Waals surface area contributed by atoms with Crippen LogP contribution in [0.3, 0.4) is 0 Å². The zero-order chi connectivity index (χ0) is 7.98. The number of rotatable bonds is 4. The fraction of sp³-hybridized carbons (Fsp3) is 0.500. The van der Waals surface area contributed by atoms with E-state index in [9.17, 15) is 0 Å². The molecule has 56 valence electrons. The molecule has 0 amide bonds. The molecule has 0 saturated heterocycles. The van der Waals surface area contributed by atoms with Crippen LogP contribution in [-0.4, -0.2) is 12.6 Å². The summed E-state index contributed by atoms with van der Waals surface area (Å²) in [7, 11) is 0. The summed E-state index contributed by atoms with van der Waals surface area (Å²) in [6, 6.07) is 0.320. The first kappa shape index (κ1) is 9.55. The van der Waals surface area contributed by atoms with E-state index < -0.39 is 0 Å². The number of hydrogen-bond donors (Lipinski definition) is 1. The van der Waals surface area contributed by atoms with Crippen LogP contribution in [0, 0.1) is 12.3 Å². The molecule has 0 aromatic carbocycles. The summed E-state index contributed by atoms with van der Waals surface area (Å²) in [5, 5.41) is 3.72. The third-order valence-electron chi connectivity index (χ3n) is 1.07. The third kappa shape index (κ3) is 5.68. The predicted molar refractivity (Wildman–Crippen MR) is 45.9 cm³/mol. The molecule has 2 heteroatoms. The average molecular weight is 158 g/mol. The summed E-state index contributed by atoms with van der Waals surface area (Å²) in [5.41, 5.74) is 0. The van der Waals surface area contributed by atoms with Crippen molar-refractivity contribution in [3.63, 3.8) is 0 Å². The van der Waals surface area contributed by atoms with Crippen molar-refractivity contribution >= 4 is 11.6 Å². The molecule has 1 N–H and O–H groups in total. The Morgan fingerprint density at radius 3 is 2.90 bits per heavy atom. The minimum absolute atomic E-state index is 0.320. The minimum Gasteiger partial charge on any atom is -0.308 e. The highest BCUT2D eigenvalue weighted by Gasteiger charge is 1.96. The van der Waals surface area contributed by atoms with E-state index in [4.69, 9.17) is 18.0 Å². The summed E-state index contributed by atoms with van der Waals surface area (Å²) in [5.74, 6) is 2.56. The number of halogens is 1. The highest BCUT2D eigenvalue weighted by molar-refractivity contribution is 6.29. The van der Waals surface area contributed by atoms with Gasteiger partial charge in [-0.3, -0.25) is 0 Å². The van der Waals surface area contributed by atoms with Crippen LogP contribution in [-0.2, 0) is 0 Å². The molecule has 0 rings (SSSR count). The van der Waals surface area contributed by atoms with Crippen LogP contribution < -0.4 is 5.32 Å². The molecule has 0 spiro atoms. The fourth-order valence-corrected chi connectivity index (χ4v) is 0.611. The maximum Gasteiger partial charge on any atom is 0.0310 e. The zero-order valence-electron chi connectivity index (χ0n) is 6.15. The molecule has 10 heavy (non-hydrogen) atoms. The van der Waals surface area contributed by atoms with E-state index in [1.165, 1.54) is 0 Å². The molecule has 0 aliphatic carbocycles. The molecule has 0 aromatic rings. The van der Waals surface area contributed by atoms with Crippen molar-refractivity contribution in [3.05, 3.63) is 11.6 Å². The second kappa shape index (κ2) is 5.34. The fourth-order valence-electron chi connectivity index (χ4n) is 0.534. The first-order valence-electron chi connectivity index (χ1n) is 3.17. The molecule has 0 heterocycles. The molecule has 0 aliphatic heterocycles. The van der Waals surface area contributed by atoms with E-state index in [-0.39, 0.29) is 0 Å². The molecule has 0 bridgehead atoms. The van der Waals surface area contributed by atoms with Crippen LogP contribution in [0.2, 0.25) is 0 Å². The van der Waals surface area contributed by atoms with E-state index in [1.54, 1.807) is 0 Å². The molecular weight excluding hydrogens is 146 g/mol. The first-order chi connectivity index (χ1) is 4.66. The Kier molecular flexibility index (Phi) is 5.10. The van der Waals surface area contributed by atoms with Crippen molar-refractivity contribution in [3.8, 4) is 12.3 Å². The largest absolute Gasteiger partial charge is 0.308 e. The molecule has 0 radical (unpaired) electrons. The molecule has 0 aliphatic rings. The Morgan fingerprint density at radius 2 is 2.50 bits per heavy atom. The van der Waals surface area contributed by atoms with Crippen LogP contribution in [0.4, 0.5) is 0 Å². The normalized spacial score (nSPS) is 12.1. The average Bonchev–Trinajstić information content (AvgIpc) is 1.85. The Morgan fingerprint density at radius 1 is 1.90 bits per heavy atom. The summed E-state index contributed by atoms with van der Waals surface area (Å²) in [6.45, 7) is 6.18. The van der Waals surface area contributed by atoms with Crippen molar-refractivity contribution in [2.75, 3.05) is 6.54 Å². The molecular formula is C8H12ClN. The predicted octanol–water partition coefficient (Wildman–Crippen LogP) is 1.74. The highest BCUT2D eigenvalue weighted by atomic mass is 35.5. The van der Waals surface area contributed by atoms with Gasteiger partial charge in [-0.15, -0.1) is 12.3 Å². The maximum absolute atomic E-state index is 5.51. The van der Waals surface area contributed by atoms with Gasteiger partial charge in [0.2, 0.25) is 0 Å². The van der Waals surface area contributed by atoms with E-state index in [1.807, 2.05) is 6.92 Å². The van der Waals surface area contributed by atoms with E-state index in [0.29, 0.717) is 17.6 Å². The molecule has 1 nitrogen and oxygen atoms in total. The van der Waals surface area contributed by atoms with Crippen LogP contribution in [0.25, 0.3) is 0 Å². The lowest BCUT2D eigenvalue weighted by molar-refractivity contribution is 0.595. The lowest BCUT2D eigenvalue weighted by Gasteiger charge is -2.08. The van der Waals surface area contributed by atoms with Crippen LogP contribution >= 0.6 is 11.6 Å². The summed E-state index contributed by atoms with van der Waals surface area (Å²) in [6.07, 6.45) is 5.82. The Hall–Kier alpha value is -0.450. The first-order valence-corrected chi connectivity index (χ1v) is 3.54. The van der Waals surface area contributed by atoms with Gasteiger partial charge >= 0.3 is 0 Å². The van der Waals surface area contributed by atoms with Gasteiger partial charge in [-0.1, -0.05) is 18.2 Å². The monoisotopic (exact) mass is 157 g/mol. The Bertz CT molecular complexity index is 146. The van der Waals surface area contributed by atoms with Crippen LogP contribution in [0.15, 0.2) is 11.6 Å². The van der Waals surface area contributed by atoms with Crippen molar-refractivity contribution in [2.45, 2.75) is 19.4 Å². The van der Waals surface area contributed by atoms with Gasteiger partial charge in [-0.05, 0) is 6.92 Å². The van der Waals surface area contributed by atoms with Gasteiger partial charge in [-0.25, -0.2) is 0 Å². The van der Waals surface area contributed by atoms with Crippen LogP contribution in [0.5, 0.6) is 0 Å². The standard InChI is InChI=1S/C8H12ClN/c1-4-5-8(3)10-6-7(2)9/h1,8,10H,2,5-6H2,3H3. The summed E-state index contributed by atoms with van der Waals surface area (Å²) < 4.78 is 0. The van der Waals surface area contributed by atoms with Crippen molar-refractivity contribution in [2.24, 2.45) is 0 Å². The molecule has 0 fully saturated rings. The van der Waals surface area contributed by atoms with Gasteiger partial charge in [0.15, 0.2) is 0 Å². The van der Waals surface area contributed by atoms with Gasteiger partial charge in [0.25, 0.3) is 0 Å². The summed E-state index contributed by atoms with van der Waals surface area (Å²) >= 11 is 5.51. The van der Waals surface area contributed by atoms with E-state index in [2.05, 4.69) is 17.8 Å². The Balaban J connectivity index is 3.32. The van der Waals surface area contributed by atoms with Gasteiger partial charge in [0.05, 0.1) is 0 Å². The van der Waals surface area contributed by atoms with E-state index >= 15 is 0 Å². The second-order valence-electron chi connectivity index (χ2n) is 2.21. The molecule has 1 atom stereocenters. The lowest BCUT2D eigenvalue weighted by Crippen LogP contribution is -2.26. The number of hydrogen-bond acceptors (Lipinski definition) is 1. The van der Waals surface area contributed by atoms with Gasteiger partial charge in [0, 0.05) is 24.0 Å². The second-order valence-corrected chi connectivity index (χ2v) is 2.74. The van der Waals surface area contributed by atoms with Crippen molar-refractivity contribution in [1.82, 2.24) is 5.32 Å². The number of nitrogens with one attached hydrogen (secondary N) is 1. The maximum atomic E-state index is 5.51. The molecule has 1 unspecified atom stereocenters. The minimum atomic E-state index is 0.320. The smallest absolute Gasteiger partial charge is 0.0310 e. The van der Waals surface area contributed by atoms with Crippen LogP contribution in [0.1, 0.15) is 13.3 Å². The topological polar surface area (TPSA) is 12.0 Å². The van der Waals surface area contributed by atoms with Gasteiger partial charge in [0.1, 0.15) is 0 Å². The van der Waals surface area contributed by atoms with Gasteiger partial charge < -0.3 is 5.32 Å². The van der Waals surface area contributed by atoms with E-state index in [0.717, 1.165) is 6.42 Å². The van der Waals surface area contributed by atoms with Crippen molar-refractivity contribution in [1.29, 1.82) is 0 Å². The van der Waals surface area contributed by atoms with Gasteiger partial charge in [-0.2, -0.15) is 0 Å². The zero-order valence-corrected chi connectivity index (χ0v) is 6.91. The SMILES string of the molecule is C#CCC(C)NCC(=C)Cl. The molecule has 0 aromatic heterocycles. The lowest BCUT2D eigenvalue weighted by atomic mass is 10.2. The third-order valence-corrected chi connectivity index (χ3v) is 1.20. The number of terminal acetylenes is 1. The highest BCUT2D eigenvalue weighted by Crippen LogP contribution is 1.95.